The Kier molecular flexibility index (Phi) is 9.79. The van der Waals surface area contributed by atoms with E-state index in [1.54, 1.807) is 0 Å². The molecule has 0 saturated carbocycles. The smallest absolute Gasteiger partial charge is 0.220 e. The van der Waals surface area contributed by atoms with Gasteiger partial charge in [-0.3, -0.25) is 0 Å². The summed E-state index contributed by atoms with van der Waals surface area (Å²) in [5, 5.41) is 0.900. The molecule has 0 unspecified atom stereocenters. The second-order valence-corrected chi connectivity index (χ2v) is 7.89. The Morgan fingerprint density at radius 2 is 1.19 bits per heavy atom. The van der Waals surface area contributed by atoms with Gasteiger partial charge in [0.25, 0.3) is 0 Å². The average molecular weight is 299 g/mol. The standard InChI is InChI=1S/C10H18O2S4/c1-7(2)15-9(13)11-5-6-12-10(14)16-8(3)4/h7-8H,5-6H2,1-4H3. The minimum Gasteiger partial charge on any atom is -0.475 e. The van der Waals surface area contributed by atoms with E-state index in [4.69, 9.17) is 33.9 Å². The maximum atomic E-state index is 5.31. The summed E-state index contributed by atoms with van der Waals surface area (Å²) in [5.74, 6) is 0. The van der Waals surface area contributed by atoms with Crippen molar-refractivity contribution in [3.05, 3.63) is 0 Å². The van der Waals surface area contributed by atoms with Crippen molar-refractivity contribution >= 4 is 56.7 Å². The van der Waals surface area contributed by atoms with Crippen LogP contribution in [0.25, 0.3) is 0 Å². The summed E-state index contributed by atoms with van der Waals surface area (Å²) in [4.78, 5) is 0. The third kappa shape index (κ3) is 11.0. The Balaban J connectivity index is 3.46. The summed E-state index contributed by atoms with van der Waals surface area (Å²) in [6, 6.07) is 0. The molecule has 94 valence electrons. The molecule has 2 nitrogen and oxygen atoms in total. The molecule has 16 heavy (non-hydrogen) atoms. The molecule has 0 fully saturated rings. The number of thiocarbonyl (C=S) groups is 2. The van der Waals surface area contributed by atoms with Gasteiger partial charge in [0.1, 0.15) is 13.2 Å². The first-order valence-corrected chi connectivity index (χ1v) is 7.66. The van der Waals surface area contributed by atoms with Crippen LogP contribution in [0.2, 0.25) is 0 Å². The van der Waals surface area contributed by atoms with E-state index in [0.29, 0.717) is 32.5 Å². The molecule has 0 aromatic heterocycles. The fourth-order valence-corrected chi connectivity index (χ4v) is 3.10. The zero-order valence-corrected chi connectivity index (χ0v) is 13.3. The molecule has 6 heteroatoms. The Labute approximate surface area is 117 Å². The van der Waals surface area contributed by atoms with Crippen molar-refractivity contribution in [2.75, 3.05) is 13.2 Å². The van der Waals surface area contributed by atoms with Crippen molar-refractivity contribution in [1.29, 1.82) is 0 Å². The van der Waals surface area contributed by atoms with Gasteiger partial charge in [0.05, 0.1) is 0 Å². The first kappa shape index (κ1) is 16.5. The molecule has 0 rings (SSSR count). The summed E-state index contributed by atoms with van der Waals surface area (Å²) in [5.41, 5.74) is 0. The van der Waals surface area contributed by atoms with Crippen LogP contribution in [0.15, 0.2) is 0 Å². The maximum Gasteiger partial charge on any atom is 0.220 e. The quantitative estimate of drug-likeness (QED) is 0.562. The minimum absolute atomic E-state index is 0.450. The predicted octanol–water partition coefficient (Wildman–Crippen LogP) is 3.87. The van der Waals surface area contributed by atoms with E-state index in [-0.39, 0.29) is 0 Å². The van der Waals surface area contributed by atoms with Crippen LogP contribution in [0.5, 0.6) is 0 Å². The summed E-state index contributed by atoms with van der Waals surface area (Å²) in [7, 11) is 0. The fraction of sp³-hybridized carbons (Fsp3) is 0.800. The predicted molar refractivity (Wildman–Crippen MR) is 82.6 cm³/mol. The lowest BCUT2D eigenvalue weighted by Crippen LogP contribution is -2.10. The normalized spacial score (nSPS) is 10.6. The van der Waals surface area contributed by atoms with E-state index in [1.807, 2.05) is 0 Å². The lowest BCUT2D eigenvalue weighted by Gasteiger charge is -2.11. The van der Waals surface area contributed by atoms with Gasteiger partial charge in [-0.25, -0.2) is 0 Å². The van der Waals surface area contributed by atoms with E-state index < -0.39 is 0 Å². The highest BCUT2D eigenvalue weighted by atomic mass is 32.2. The molecule has 0 aliphatic heterocycles. The number of ether oxygens (including phenoxy) is 2. The second-order valence-electron chi connectivity index (χ2n) is 3.53. The minimum atomic E-state index is 0.450. The largest absolute Gasteiger partial charge is 0.475 e. The summed E-state index contributed by atoms with van der Waals surface area (Å²) >= 11 is 13.1. The summed E-state index contributed by atoms with van der Waals surface area (Å²) in [6.45, 7) is 9.21. The van der Waals surface area contributed by atoms with Crippen LogP contribution in [0, 0.1) is 0 Å². The highest BCUT2D eigenvalue weighted by Gasteiger charge is 2.04. The molecule has 0 radical (unpaired) electrons. The molecule has 0 aromatic rings. The zero-order chi connectivity index (χ0) is 12.6. The van der Waals surface area contributed by atoms with Crippen LogP contribution in [0.1, 0.15) is 27.7 Å². The molecule has 0 aliphatic rings. The Bertz CT molecular complexity index is 205. The Hall–Kier alpha value is 0.480. The summed E-state index contributed by atoms with van der Waals surface area (Å²) < 4.78 is 11.8. The lowest BCUT2D eigenvalue weighted by atomic mass is 10.6. The van der Waals surface area contributed by atoms with E-state index >= 15 is 0 Å². The van der Waals surface area contributed by atoms with Crippen molar-refractivity contribution in [3.8, 4) is 0 Å². The molecule has 0 saturated heterocycles. The third-order valence-corrected chi connectivity index (χ3v) is 3.56. The van der Waals surface area contributed by atoms with Crippen molar-refractivity contribution in [1.82, 2.24) is 0 Å². The average Bonchev–Trinajstić information content (AvgIpc) is 2.10. The van der Waals surface area contributed by atoms with Gasteiger partial charge in [0.15, 0.2) is 0 Å². The van der Waals surface area contributed by atoms with Gasteiger partial charge in [-0.1, -0.05) is 51.2 Å². The molecule has 0 atom stereocenters. The van der Waals surface area contributed by atoms with E-state index in [1.165, 1.54) is 23.5 Å². The molecule has 0 amide bonds. The fourth-order valence-electron chi connectivity index (χ4n) is 0.703. The van der Waals surface area contributed by atoms with Gasteiger partial charge >= 0.3 is 0 Å². The molecule has 0 N–H and O–H groups in total. The zero-order valence-electron chi connectivity index (χ0n) is 10.0. The number of thioether (sulfide) groups is 2. The molecule has 0 aliphatic carbocycles. The van der Waals surface area contributed by atoms with E-state index in [2.05, 4.69) is 27.7 Å². The maximum absolute atomic E-state index is 5.31. The third-order valence-electron chi connectivity index (χ3n) is 1.19. The van der Waals surface area contributed by atoms with Crippen LogP contribution >= 0.6 is 48.0 Å². The van der Waals surface area contributed by atoms with Crippen LogP contribution < -0.4 is 0 Å². The molecule has 0 spiro atoms. The van der Waals surface area contributed by atoms with E-state index in [0.717, 1.165) is 0 Å². The first-order valence-electron chi connectivity index (χ1n) is 5.08. The Morgan fingerprint density at radius 3 is 1.44 bits per heavy atom. The number of hydrogen-bond donors (Lipinski definition) is 0. The van der Waals surface area contributed by atoms with Crippen molar-refractivity contribution < 1.29 is 9.47 Å². The number of hydrogen-bond acceptors (Lipinski definition) is 6. The van der Waals surface area contributed by atoms with Gasteiger partial charge in [0.2, 0.25) is 8.77 Å². The Morgan fingerprint density at radius 1 is 0.875 bits per heavy atom. The van der Waals surface area contributed by atoms with E-state index in [9.17, 15) is 0 Å². The molecule has 0 aromatic carbocycles. The van der Waals surface area contributed by atoms with Crippen molar-refractivity contribution in [2.45, 2.75) is 38.2 Å². The van der Waals surface area contributed by atoms with Crippen molar-refractivity contribution in [2.24, 2.45) is 0 Å². The molecule has 0 bridgehead atoms. The van der Waals surface area contributed by atoms with Gasteiger partial charge in [-0.05, 0) is 24.4 Å². The van der Waals surface area contributed by atoms with Gasteiger partial charge in [-0.2, -0.15) is 0 Å². The van der Waals surface area contributed by atoms with Crippen LogP contribution in [-0.2, 0) is 9.47 Å². The first-order chi connectivity index (χ1) is 7.41. The molecular weight excluding hydrogens is 280 g/mol. The van der Waals surface area contributed by atoms with Gasteiger partial charge < -0.3 is 9.47 Å². The van der Waals surface area contributed by atoms with Crippen LogP contribution in [0.4, 0.5) is 0 Å². The van der Waals surface area contributed by atoms with Crippen molar-refractivity contribution in [3.63, 3.8) is 0 Å². The van der Waals surface area contributed by atoms with Gasteiger partial charge in [0, 0.05) is 10.5 Å². The van der Waals surface area contributed by atoms with Crippen LogP contribution in [0.3, 0.4) is 0 Å². The second kappa shape index (κ2) is 9.50. The van der Waals surface area contributed by atoms with Crippen LogP contribution in [-0.4, -0.2) is 32.5 Å². The highest BCUT2D eigenvalue weighted by Crippen LogP contribution is 2.14. The topological polar surface area (TPSA) is 18.5 Å². The number of rotatable bonds is 5. The molecular formula is C10H18O2S4. The highest BCUT2D eigenvalue weighted by molar-refractivity contribution is 8.23. The lowest BCUT2D eigenvalue weighted by molar-refractivity contribution is 0.216. The van der Waals surface area contributed by atoms with Gasteiger partial charge in [-0.15, -0.1) is 0 Å². The molecule has 0 heterocycles. The monoisotopic (exact) mass is 298 g/mol. The summed E-state index contributed by atoms with van der Waals surface area (Å²) in [6.07, 6.45) is 0. The SMILES string of the molecule is CC(C)SC(=S)OCCOC(=S)SC(C)C.